The molecule has 0 radical (unpaired) electrons. The van der Waals surface area contributed by atoms with Crippen molar-refractivity contribution in [2.24, 2.45) is 0 Å². The molecule has 2 aromatic rings. The van der Waals surface area contributed by atoms with Crippen LogP contribution < -0.4 is 5.32 Å². The summed E-state index contributed by atoms with van der Waals surface area (Å²) in [7, 11) is 0. The maximum atomic E-state index is 13.0. The summed E-state index contributed by atoms with van der Waals surface area (Å²) in [6, 6.07) is 14.4. The van der Waals surface area contributed by atoms with Gasteiger partial charge in [-0.15, -0.1) is 0 Å². The standard InChI is InChI=1S/C20H24FN3O/c1-16-3-9-19(10-4-16)22-20(25)24-12-2-11-23(13-14-24)15-17-5-7-18(21)8-6-17/h3-10H,2,11-15H2,1H3,(H,22,25). The molecule has 5 heteroatoms. The molecule has 1 saturated heterocycles. The van der Waals surface area contributed by atoms with Gasteiger partial charge in [0.05, 0.1) is 0 Å². The molecule has 0 bridgehead atoms. The number of benzene rings is 2. The summed E-state index contributed by atoms with van der Waals surface area (Å²) in [5, 5.41) is 2.96. The predicted molar refractivity (Wildman–Crippen MR) is 98.1 cm³/mol. The van der Waals surface area contributed by atoms with Gasteiger partial charge in [0.25, 0.3) is 0 Å². The minimum atomic E-state index is -0.210. The second-order valence-electron chi connectivity index (χ2n) is 6.54. The fraction of sp³-hybridized carbons (Fsp3) is 0.350. The van der Waals surface area contributed by atoms with E-state index in [0.29, 0.717) is 6.54 Å². The van der Waals surface area contributed by atoms with E-state index in [1.165, 1.54) is 17.7 Å². The van der Waals surface area contributed by atoms with Gasteiger partial charge in [0.1, 0.15) is 5.82 Å². The molecular weight excluding hydrogens is 317 g/mol. The van der Waals surface area contributed by atoms with E-state index in [4.69, 9.17) is 0 Å². The first-order chi connectivity index (χ1) is 12.1. The number of carbonyl (C=O) groups excluding carboxylic acids is 1. The third kappa shape index (κ3) is 5.03. The van der Waals surface area contributed by atoms with Crippen molar-refractivity contribution in [3.63, 3.8) is 0 Å². The highest BCUT2D eigenvalue weighted by Crippen LogP contribution is 2.13. The van der Waals surface area contributed by atoms with Gasteiger partial charge in [-0.3, -0.25) is 4.90 Å². The Morgan fingerprint density at radius 2 is 1.72 bits per heavy atom. The van der Waals surface area contributed by atoms with Gasteiger partial charge in [-0.25, -0.2) is 9.18 Å². The number of rotatable bonds is 3. The fourth-order valence-electron chi connectivity index (χ4n) is 3.02. The Bertz CT molecular complexity index is 700. The van der Waals surface area contributed by atoms with Gasteiger partial charge in [-0.05, 0) is 43.2 Å². The Hall–Kier alpha value is -2.40. The SMILES string of the molecule is Cc1ccc(NC(=O)N2CCCN(Cc3ccc(F)cc3)CC2)cc1. The number of aryl methyl sites for hydroxylation is 1. The smallest absolute Gasteiger partial charge is 0.321 e. The van der Waals surface area contributed by atoms with Crippen LogP contribution in [0, 0.1) is 12.7 Å². The molecule has 1 aliphatic rings. The normalized spacial score (nSPS) is 15.7. The first kappa shape index (κ1) is 17.4. The molecule has 132 valence electrons. The molecule has 0 aliphatic carbocycles. The van der Waals surface area contributed by atoms with Crippen molar-refractivity contribution in [2.75, 3.05) is 31.5 Å². The van der Waals surface area contributed by atoms with Gasteiger partial charge in [0.15, 0.2) is 0 Å². The van der Waals surface area contributed by atoms with Gasteiger partial charge >= 0.3 is 6.03 Å². The molecule has 1 N–H and O–H groups in total. The average molecular weight is 341 g/mol. The first-order valence-electron chi connectivity index (χ1n) is 8.69. The highest BCUT2D eigenvalue weighted by Gasteiger charge is 2.19. The summed E-state index contributed by atoms with van der Waals surface area (Å²) in [6.45, 7) is 6.00. The van der Waals surface area contributed by atoms with Crippen molar-refractivity contribution in [1.29, 1.82) is 0 Å². The van der Waals surface area contributed by atoms with Gasteiger partial charge < -0.3 is 10.2 Å². The van der Waals surface area contributed by atoms with Gasteiger partial charge in [-0.2, -0.15) is 0 Å². The number of carbonyl (C=O) groups is 1. The Morgan fingerprint density at radius 1 is 1.00 bits per heavy atom. The molecule has 2 amide bonds. The second-order valence-corrected chi connectivity index (χ2v) is 6.54. The maximum absolute atomic E-state index is 13.0. The van der Waals surface area contributed by atoms with E-state index in [0.717, 1.165) is 43.9 Å². The molecule has 25 heavy (non-hydrogen) atoms. The monoisotopic (exact) mass is 341 g/mol. The third-order valence-electron chi connectivity index (χ3n) is 4.50. The van der Waals surface area contributed by atoms with Crippen LogP contribution in [0.15, 0.2) is 48.5 Å². The van der Waals surface area contributed by atoms with Crippen molar-refractivity contribution < 1.29 is 9.18 Å². The molecule has 1 fully saturated rings. The van der Waals surface area contributed by atoms with Crippen molar-refractivity contribution in [2.45, 2.75) is 19.9 Å². The van der Waals surface area contributed by atoms with Crippen LogP contribution in [0.2, 0.25) is 0 Å². The summed E-state index contributed by atoms with van der Waals surface area (Å²) in [6.07, 6.45) is 0.933. The van der Waals surface area contributed by atoms with E-state index in [-0.39, 0.29) is 11.8 Å². The molecule has 1 aliphatic heterocycles. The molecule has 4 nitrogen and oxygen atoms in total. The first-order valence-corrected chi connectivity index (χ1v) is 8.69. The van der Waals surface area contributed by atoms with E-state index in [9.17, 15) is 9.18 Å². The number of hydrogen-bond acceptors (Lipinski definition) is 2. The summed E-state index contributed by atoms with van der Waals surface area (Å²) in [5.41, 5.74) is 3.09. The summed E-state index contributed by atoms with van der Waals surface area (Å²) in [5.74, 6) is -0.210. The number of urea groups is 1. The van der Waals surface area contributed by atoms with Crippen LogP contribution in [0.25, 0.3) is 0 Å². The lowest BCUT2D eigenvalue weighted by atomic mass is 10.2. The fourth-order valence-corrected chi connectivity index (χ4v) is 3.02. The van der Waals surface area contributed by atoms with E-state index >= 15 is 0 Å². The minimum Gasteiger partial charge on any atom is -0.323 e. The number of anilines is 1. The van der Waals surface area contributed by atoms with Crippen LogP contribution in [0.1, 0.15) is 17.5 Å². The zero-order valence-electron chi connectivity index (χ0n) is 14.5. The van der Waals surface area contributed by atoms with Crippen LogP contribution in [0.4, 0.5) is 14.9 Å². The van der Waals surface area contributed by atoms with Crippen LogP contribution in [-0.2, 0) is 6.54 Å². The van der Waals surface area contributed by atoms with Crippen LogP contribution in [0.3, 0.4) is 0 Å². The molecule has 0 saturated carbocycles. The third-order valence-corrected chi connectivity index (χ3v) is 4.50. The largest absolute Gasteiger partial charge is 0.323 e. The van der Waals surface area contributed by atoms with E-state index < -0.39 is 0 Å². The van der Waals surface area contributed by atoms with Gasteiger partial charge in [0.2, 0.25) is 0 Å². The molecule has 0 spiro atoms. The lowest BCUT2D eigenvalue weighted by Gasteiger charge is -2.22. The Kier molecular flexibility index (Phi) is 5.66. The zero-order chi connectivity index (χ0) is 17.6. The summed E-state index contributed by atoms with van der Waals surface area (Å²) < 4.78 is 13.0. The average Bonchev–Trinajstić information content (AvgIpc) is 2.85. The van der Waals surface area contributed by atoms with Crippen LogP contribution in [-0.4, -0.2) is 42.0 Å². The quantitative estimate of drug-likeness (QED) is 0.920. The molecule has 1 heterocycles. The molecule has 0 unspecified atom stereocenters. The second kappa shape index (κ2) is 8.12. The molecule has 3 rings (SSSR count). The lowest BCUT2D eigenvalue weighted by molar-refractivity contribution is 0.211. The van der Waals surface area contributed by atoms with E-state index in [1.54, 1.807) is 0 Å². The van der Waals surface area contributed by atoms with E-state index in [2.05, 4.69) is 10.2 Å². The van der Waals surface area contributed by atoms with Crippen molar-refractivity contribution in [1.82, 2.24) is 9.80 Å². The Morgan fingerprint density at radius 3 is 2.44 bits per heavy atom. The summed E-state index contributed by atoms with van der Waals surface area (Å²) >= 11 is 0. The summed E-state index contributed by atoms with van der Waals surface area (Å²) in [4.78, 5) is 16.6. The molecule has 0 aromatic heterocycles. The van der Waals surface area contributed by atoms with Gasteiger partial charge in [-0.1, -0.05) is 29.8 Å². The molecule has 2 aromatic carbocycles. The highest BCUT2D eigenvalue weighted by molar-refractivity contribution is 5.89. The van der Waals surface area contributed by atoms with Gasteiger partial charge in [0, 0.05) is 38.4 Å². The Balaban J connectivity index is 1.52. The number of amides is 2. The highest BCUT2D eigenvalue weighted by atomic mass is 19.1. The van der Waals surface area contributed by atoms with Crippen molar-refractivity contribution in [3.8, 4) is 0 Å². The topological polar surface area (TPSA) is 35.6 Å². The zero-order valence-corrected chi connectivity index (χ0v) is 14.5. The Labute approximate surface area is 148 Å². The molecule has 0 atom stereocenters. The molecular formula is C20H24FN3O. The number of hydrogen-bond donors (Lipinski definition) is 1. The maximum Gasteiger partial charge on any atom is 0.321 e. The van der Waals surface area contributed by atoms with Crippen LogP contribution >= 0.6 is 0 Å². The number of nitrogens with one attached hydrogen (secondary N) is 1. The van der Waals surface area contributed by atoms with Crippen LogP contribution in [0.5, 0.6) is 0 Å². The lowest BCUT2D eigenvalue weighted by Crippen LogP contribution is -2.38. The van der Waals surface area contributed by atoms with Crippen molar-refractivity contribution >= 4 is 11.7 Å². The van der Waals surface area contributed by atoms with Crippen molar-refractivity contribution in [3.05, 3.63) is 65.5 Å². The van der Waals surface area contributed by atoms with E-state index in [1.807, 2.05) is 48.2 Å². The number of halogens is 1. The number of nitrogens with zero attached hydrogens (tertiary/aromatic N) is 2. The minimum absolute atomic E-state index is 0.0486. The predicted octanol–water partition coefficient (Wildman–Crippen LogP) is 3.87.